The predicted molar refractivity (Wildman–Crippen MR) is 160 cm³/mol. The molecule has 3 heterocycles. The van der Waals surface area contributed by atoms with Crippen LogP contribution < -0.4 is 21.9 Å². The second-order valence-electron chi connectivity index (χ2n) is 10.1. The fraction of sp³-hybridized carbons (Fsp3) is 0.267. The zero-order valence-corrected chi connectivity index (χ0v) is 23.6. The number of aromatic amines is 1. The Hall–Kier alpha value is -4.55. The molecule has 9 nitrogen and oxygen atoms in total. The van der Waals surface area contributed by atoms with Crippen molar-refractivity contribution in [2.45, 2.75) is 19.5 Å². The molecule has 1 amide bonds. The van der Waals surface area contributed by atoms with Crippen molar-refractivity contribution in [3.8, 4) is 0 Å². The minimum Gasteiger partial charge on any atom is -0.397 e. The average molecular weight is 581 g/mol. The highest BCUT2D eigenvalue weighted by molar-refractivity contribution is 5.96. The maximum Gasteiger partial charge on any atom is 0.392 e. The lowest BCUT2D eigenvalue weighted by Gasteiger charge is -2.34. The minimum atomic E-state index is -4.43. The molecule has 0 bridgehead atoms. The number of hydrazine groups is 1. The number of H-pyrrole nitrogens is 1. The summed E-state index contributed by atoms with van der Waals surface area (Å²) in [6, 6.07) is 8.59. The molecule has 1 aliphatic rings. The number of anilines is 1. The quantitative estimate of drug-likeness (QED) is 0.168. The number of pyridine rings is 1. The summed E-state index contributed by atoms with van der Waals surface area (Å²) < 4.78 is 39.3. The fourth-order valence-corrected chi connectivity index (χ4v) is 4.50. The summed E-state index contributed by atoms with van der Waals surface area (Å²) in [7, 11) is 2.01. The van der Waals surface area contributed by atoms with Crippen LogP contribution in [0.5, 0.6) is 0 Å². The molecule has 0 aliphatic carbocycles. The molecule has 1 fully saturated rings. The fourth-order valence-electron chi connectivity index (χ4n) is 4.50. The number of halogens is 3. The molecule has 1 aromatic carbocycles. The molecule has 0 spiro atoms. The number of benzene rings is 1. The first kappa shape index (κ1) is 30.4. The van der Waals surface area contributed by atoms with Gasteiger partial charge in [0.25, 0.3) is 5.91 Å². The number of carbonyl (C=O) groups excluding carboxylic acids is 1. The van der Waals surface area contributed by atoms with Crippen LogP contribution in [0.4, 0.5) is 18.9 Å². The molecule has 0 saturated carbocycles. The number of hydrogen-bond donors (Lipinski definition) is 4. The molecular formula is C30H35F3N8O. The molecule has 6 N–H and O–H groups in total. The third-order valence-corrected chi connectivity index (χ3v) is 6.95. The topological polar surface area (TPSA) is 120 Å². The third-order valence-electron chi connectivity index (χ3n) is 6.95. The van der Waals surface area contributed by atoms with Crippen LogP contribution >= 0.6 is 0 Å². The van der Waals surface area contributed by atoms with E-state index < -0.39 is 18.5 Å². The van der Waals surface area contributed by atoms with E-state index in [0.29, 0.717) is 35.7 Å². The van der Waals surface area contributed by atoms with E-state index in [0.717, 1.165) is 35.8 Å². The largest absolute Gasteiger partial charge is 0.397 e. The van der Waals surface area contributed by atoms with Gasteiger partial charge in [0.2, 0.25) is 0 Å². The van der Waals surface area contributed by atoms with E-state index in [9.17, 15) is 18.0 Å². The lowest BCUT2D eigenvalue weighted by Crippen LogP contribution is -2.43. The first-order chi connectivity index (χ1) is 19.9. The zero-order chi connectivity index (χ0) is 30.4. The number of alkyl halides is 3. The van der Waals surface area contributed by atoms with E-state index >= 15 is 0 Å². The highest BCUT2D eigenvalue weighted by Crippen LogP contribution is 2.24. The molecule has 0 atom stereocenters. The van der Waals surface area contributed by atoms with Gasteiger partial charge in [0.1, 0.15) is 5.65 Å². The second kappa shape index (κ2) is 13.0. The maximum absolute atomic E-state index is 13.3. The van der Waals surface area contributed by atoms with E-state index in [1.54, 1.807) is 36.7 Å². The Morgan fingerprint density at radius 1 is 1.19 bits per heavy atom. The number of allylic oxidation sites excluding steroid dienone is 3. The zero-order valence-electron chi connectivity index (χ0n) is 23.6. The summed E-state index contributed by atoms with van der Waals surface area (Å²) in [5.41, 5.74) is 10.1. The summed E-state index contributed by atoms with van der Waals surface area (Å²) in [5, 5.41) is 4.82. The van der Waals surface area contributed by atoms with E-state index in [4.69, 9.17) is 11.6 Å². The molecule has 42 heavy (non-hydrogen) atoms. The van der Waals surface area contributed by atoms with E-state index in [1.165, 1.54) is 17.3 Å². The standard InChI is InChI=1S/C30H35F3N8O/c1-4-25(40-13-11-39(3)12-14-40)17-24(7-9-30(31,32)33)38-29(42)22-6-5-20(2)27(16-22)41(35)19-26(34)23-15-21-8-10-36-28(21)37-18-23/h4-8,10,15-19H,1,9,11-14,34-35H2,2-3H3,(H,36,37)(H,38,42)/b24-7+,25-17+,26-19-. The summed E-state index contributed by atoms with van der Waals surface area (Å²) >= 11 is 0. The number of fused-ring (bicyclic) bond motifs is 1. The maximum atomic E-state index is 13.3. The van der Waals surface area contributed by atoms with Crippen molar-refractivity contribution in [2.75, 3.05) is 38.2 Å². The minimum absolute atomic E-state index is 0.0228. The van der Waals surface area contributed by atoms with Crippen molar-refractivity contribution in [2.24, 2.45) is 11.6 Å². The predicted octanol–water partition coefficient (Wildman–Crippen LogP) is 4.39. The van der Waals surface area contributed by atoms with Gasteiger partial charge < -0.3 is 25.8 Å². The van der Waals surface area contributed by atoms with Gasteiger partial charge in [-0.1, -0.05) is 18.7 Å². The van der Waals surface area contributed by atoms with Crippen molar-refractivity contribution in [3.63, 3.8) is 0 Å². The van der Waals surface area contributed by atoms with Crippen LogP contribution in [-0.4, -0.2) is 65.1 Å². The van der Waals surface area contributed by atoms with E-state index in [2.05, 4.69) is 26.8 Å². The van der Waals surface area contributed by atoms with Crippen molar-refractivity contribution in [1.82, 2.24) is 25.1 Å². The van der Waals surface area contributed by atoms with Crippen molar-refractivity contribution in [1.29, 1.82) is 0 Å². The van der Waals surface area contributed by atoms with E-state index in [1.807, 2.05) is 31.0 Å². The second-order valence-corrected chi connectivity index (χ2v) is 10.1. The molecular weight excluding hydrogens is 545 g/mol. The molecule has 1 saturated heterocycles. The first-order valence-corrected chi connectivity index (χ1v) is 13.3. The lowest BCUT2D eigenvalue weighted by molar-refractivity contribution is -0.125. The summed E-state index contributed by atoms with van der Waals surface area (Å²) in [6.45, 7) is 8.63. The Morgan fingerprint density at radius 2 is 1.93 bits per heavy atom. The SMILES string of the molecule is C=C/C(=C\C(=C/CC(F)(F)F)NC(=O)c1ccc(C)c(N(N)/C=C(\N)c2cnc3[nH]ccc3c2)c1)N1CCN(C)CC1. The molecule has 2 aromatic heterocycles. The average Bonchev–Trinajstić information content (AvgIpc) is 3.42. The Bertz CT molecular complexity index is 1530. The summed E-state index contributed by atoms with van der Waals surface area (Å²) in [4.78, 5) is 24.8. The Kier molecular flexibility index (Phi) is 9.38. The number of nitrogens with zero attached hydrogens (tertiary/aromatic N) is 4. The van der Waals surface area contributed by atoms with Crippen LogP contribution in [0.1, 0.15) is 27.9 Å². The smallest absolute Gasteiger partial charge is 0.392 e. The highest BCUT2D eigenvalue weighted by atomic mass is 19.4. The van der Waals surface area contributed by atoms with Gasteiger partial charge in [0.15, 0.2) is 0 Å². The van der Waals surface area contributed by atoms with Gasteiger partial charge in [-0.2, -0.15) is 13.2 Å². The van der Waals surface area contributed by atoms with Crippen molar-refractivity contribution < 1.29 is 18.0 Å². The molecule has 0 radical (unpaired) electrons. The monoisotopic (exact) mass is 580 g/mol. The van der Waals surface area contributed by atoms with Gasteiger partial charge in [-0.15, -0.1) is 0 Å². The van der Waals surface area contributed by atoms with Crippen LogP contribution in [0.2, 0.25) is 0 Å². The van der Waals surface area contributed by atoms with Crippen molar-refractivity contribution in [3.05, 3.63) is 102 Å². The van der Waals surface area contributed by atoms with Gasteiger partial charge in [0, 0.05) is 72.7 Å². The van der Waals surface area contributed by atoms with E-state index in [-0.39, 0.29) is 11.3 Å². The molecule has 1 aliphatic heterocycles. The van der Waals surface area contributed by atoms with Crippen LogP contribution in [0, 0.1) is 6.92 Å². The number of hydrogen-bond acceptors (Lipinski definition) is 7. The molecule has 12 heteroatoms. The lowest BCUT2D eigenvalue weighted by atomic mass is 10.1. The number of rotatable bonds is 9. The number of likely N-dealkylation sites (N-methyl/N-ethyl adjacent to an activating group) is 1. The first-order valence-electron chi connectivity index (χ1n) is 13.3. The third kappa shape index (κ3) is 7.80. The normalized spacial score (nSPS) is 15.7. The van der Waals surface area contributed by atoms with Crippen LogP contribution in [0.25, 0.3) is 16.7 Å². The Morgan fingerprint density at radius 3 is 2.62 bits per heavy atom. The number of aryl methyl sites for hydroxylation is 1. The van der Waals surface area contributed by atoms with Gasteiger partial charge >= 0.3 is 6.18 Å². The molecule has 0 unspecified atom stereocenters. The summed E-state index contributed by atoms with van der Waals surface area (Å²) in [6.07, 6.45) is 3.34. The number of aromatic nitrogens is 2. The Labute approximate surface area is 242 Å². The Balaban J connectivity index is 1.57. The summed E-state index contributed by atoms with van der Waals surface area (Å²) in [5.74, 6) is 5.73. The molecule has 3 aromatic rings. The number of nitrogens with one attached hydrogen (secondary N) is 2. The van der Waals surface area contributed by atoms with Gasteiger partial charge in [-0.25, -0.2) is 10.8 Å². The molecule has 222 valence electrons. The van der Waals surface area contributed by atoms with Crippen LogP contribution in [-0.2, 0) is 0 Å². The highest BCUT2D eigenvalue weighted by Gasteiger charge is 2.26. The van der Waals surface area contributed by atoms with Gasteiger partial charge in [0.05, 0.1) is 17.8 Å². The number of piperazine rings is 1. The molecule has 4 rings (SSSR count). The van der Waals surface area contributed by atoms with Crippen molar-refractivity contribution >= 4 is 28.3 Å². The van der Waals surface area contributed by atoms with Gasteiger partial charge in [-0.3, -0.25) is 9.80 Å². The number of amides is 1. The van der Waals surface area contributed by atoms with Crippen LogP contribution in [0.15, 0.2) is 85.1 Å². The van der Waals surface area contributed by atoms with Crippen LogP contribution in [0.3, 0.4) is 0 Å². The van der Waals surface area contributed by atoms with Gasteiger partial charge in [-0.05, 0) is 56.0 Å². The number of carbonyl (C=O) groups is 1. The number of nitrogens with two attached hydrogens (primary N) is 2.